The summed E-state index contributed by atoms with van der Waals surface area (Å²) in [5.41, 5.74) is 0.196. The molecular weight excluding hydrogens is 353 g/mol. The van der Waals surface area contributed by atoms with E-state index >= 15 is 0 Å². The van der Waals surface area contributed by atoms with Crippen LogP contribution in [0.25, 0.3) is 10.9 Å². The van der Waals surface area contributed by atoms with Gasteiger partial charge in [0.2, 0.25) is 0 Å². The fourth-order valence-electron chi connectivity index (χ4n) is 2.17. The van der Waals surface area contributed by atoms with Crippen molar-refractivity contribution in [2.24, 2.45) is 0 Å². The maximum Gasteiger partial charge on any atom is 0.277 e. The van der Waals surface area contributed by atoms with E-state index in [4.69, 9.17) is 27.9 Å². The lowest BCUT2D eigenvalue weighted by Crippen LogP contribution is -2.32. The lowest BCUT2D eigenvalue weighted by molar-refractivity contribution is 0.0873. The van der Waals surface area contributed by atoms with Gasteiger partial charge in [-0.3, -0.25) is 4.79 Å². The van der Waals surface area contributed by atoms with E-state index in [9.17, 15) is 9.90 Å². The average molecular weight is 366 g/mol. The Kier molecular flexibility index (Phi) is 4.99. The van der Waals surface area contributed by atoms with Gasteiger partial charge >= 0.3 is 0 Å². The molecule has 0 saturated heterocycles. The molecule has 6 nitrogen and oxygen atoms in total. The molecule has 124 valence electrons. The molecule has 0 amide bonds. The Morgan fingerprint density at radius 2 is 2.00 bits per heavy atom. The van der Waals surface area contributed by atoms with Crippen LogP contribution in [0.5, 0.6) is 5.75 Å². The number of nitrogens with zero attached hydrogens (tertiary/aromatic N) is 3. The maximum atomic E-state index is 12.3. The van der Waals surface area contributed by atoms with Crippen molar-refractivity contribution in [3.63, 3.8) is 0 Å². The molecule has 2 aromatic carbocycles. The van der Waals surface area contributed by atoms with Crippen LogP contribution in [0, 0.1) is 0 Å². The van der Waals surface area contributed by atoms with E-state index in [0.29, 0.717) is 26.7 Å². The topological polar surface area (TPSA) is 77.2 Å². The molecule has 0 radical (unpaired) electrons. The zero-order chi connectivity index (χ0) is 17.1. The molecule has 1 N–H and O–H groups in total. The molecule has 1 atom stereocenters. The minimum absolute atomic E-state index is 0.0398. The highest BCUT2D eigenvalue weighted by Gasteiger charge is 2.12. The van der Waals surface area contributed by atoms with Crippen molar-refractivity contribution in [3.05, 3.63) is 62.9 Å². The SMILES string of the molecule is O=c1c2ccccc2nnn1C[C@H](O)COc1ccc(Cl)cc1Cl. The van der Waals surface area contributed by atoms with Crippen molar-refractivity contribution in [1.29, 1.82) is 0 Å². The largest absolute Gasteiger partial charge is 0.489 e. The molecule has 8 heteroatoms. The number of halogens is 2. The first kappa shape index (κ1) is 16.7. The quantitative estimate of drug-likeness (QED) is 0.751. The molecule has 1 heterocycles. The predicted octanol–water partition coefficient (Wildman–Crippen LogP) is 2.54. The van der Waals surface area contributed by atoms with Crippen LogP contribution in [-0.2, 0) is 6.54 Å². The predicted molar refractivity (Wildman–Crippen MR) is 91.8 cm³/mol. The number of rotatable bonds is 5. The van der Waals surface area contributed by atoms with Crippen molar-refractivity contribution in [2.75, 3.05) is 6.61 Å². The fourth-order valence-corrected chi connectivity index (χ4v) is 2.64. The standard InChI is InChI=1S/C16H13Cl2N3O3/c17-10-5-6-15(13(18)7-10)24-9-11(22)8-21-16(23)12-3-1-2-4-14(12)19-20-21/h1-7,11,22H,8-9H2/t11-/m0/s1. The zero-order valence-corrected chi connectivity index (χ0v) is 13.9. The van der Waals surface area contributed by atoms with Crippen molar-refractivity contribution >= 4 is 34.1 Å². The van der Waals surface area contributed by atoms with E-state index in [0.717, 1.165) is 4.68 Å². The molecule has 0 spiro atoms. The summed E-state index contributed by atoms with van der Waals surface area (Å²) in [6, 6.07) is 11.7. The van der Waals surface area contributed by atoms with Crippen molar-refractivity contribution in [3.8, 4) is 5.75 Å². The number of hydrogen-bond donors (Lipinski definition) is 1. The monoisotopic (exact) mass is 365 g/mol. The molecule has 3 rings (SSSR count). The van der Waals surface area contributed by atoms with Gasteiger partial charge in [0, 0.05) is 5.02 Å². The van der Waals surface area contributed by atoms with Crippen molar-refractivity contribution in [1.82, 2.24) is 15.0 Å². The second-order valence-electron chi connectivity index (χ2n) is 5.13. The molecule has 0 aliphatic carbocycles. The Morgan fingerprint density at radius 3 is 2.79 bits per heavy atom. The van der Waals surface area contributed by atoms with Crippen LogP contribution in [-0.4, -0.2) is 32.8 Å². The fraction of sp³-hybridized carbons (Fsp3) is 0.188. The summed E-state index contributed by atoms with van der Waals surface area (Å²) in [6.45, 7) is -0.0931. The summed E-state index contributed by atoms with van der Waals surface area (Å²) in [5, 5.41) is 19.2. The van der Waals surface area contributed by atoms with Gasteiger partial charge in [-0.15, -0.1) is 5.10 Å². The third-order valence-corrected chi connectivity index (χ3v) is 3.87. The van der Waals surface area contributed by atoms with Gasteiger partial charge in [0.25, 0.3) is 5.56 Å². The molecule has 0 saturated carbocycles. The number of benzene rings is 2. The first-order valence-corrected chi connectivity index (χ1v) is 7.88. The zero-order valence-electron chi connectivity index (χ0n) is 12.4. The molecule has 0 fully saturated rings. The van der Waals surface area contributed by atoms with Crippen LogP contribution in [0.3, 0.4) is 0 Å². The molecular formula is C16H13Cl2N3O3. The average Bonchev–Trinajstić information content (AvgIpc) is 2.57. The summed E-state index contributed by atoms with van der Waals surface area (Å²) >= 11 is 11.8. The third-order valence-electron chi connectivity index (χ3n) is 3.34. The van der Waals surface area contributed by atoms with Gasteiger partial charge in [0.1, 0.15) is 24.0 Å². The van der Waals surface area contributed by atoms with E-state index < -0.39 is 6.10 Å². The molecule has 0 aliphatic heterocycles. The Bertz CT molecular complexity index is 930. The highest BCUT2D eigenvalue weighted by molar-refractivity contribution is 6.35. The van der Waals surface area contributed by atoms with Gasteiger partial charge < -0.3 is 9.84 Å². The molecule has 0 bridgehead atoms. The second-order valence-corrected chi connectivity index (χ2v) is 5.98. The summed E-state index contributed by atoms with van der Waals surface area (Å²) in [4.78, 5) is 12.3. The number of aliphatic hydroxyl groups is 1. The number of aromatic nitrogens is 3. The van der Waals surface area contributed by atoms with E-state index in [1.807, 2.05) is 0 Å². The third kappa shape index (κ3) is 3.67. The van der Waals surface area contributed by atoms with Crippen molar-refractivity contribution in [2.45, 2.75) is 12.6 Å². The molecule has 24 heavy (non-hydrogen) atoms. The van der Waals surface area contributed by atoms with Gasteiger partial charge in [-0.1, -0.05) is 40.5 Å². The summed E-state index contributed by atoms with van der Waals surface area (Å²) in [7, 11) is 0. The maximum absolute atomic E-state index is 12.3. The normalized spacial score (nSPS) is 12.3. The minimum atomic E-state index is -0.954. The van der Waals surface area contributed by atoms with Crippen LogP contribution < -0.4 is 10.3 Å². The van der Waals surface area contributed by atoms with Crippen molar-refractivity contribution < 1.29 is 9.84 Å². The molecule has 0 unspecified atom stereocenters. The number of hydrogen-bond acceptors (Lipinski definition) is 5. The smallest absolute Gasteiger partial charge is 0.277 e. The van der Waals surface area contributed by atoms with Gasteiger partial charge in [-0.2, -0.15) is 0 Å². The first-order valence-electron chi connectivity index (χ1n) is 7.13. The van der Waals surface area contributed by atoms with E-state index in [1.165, 1.54) is 0 Å². The second kappa shape index (κ2) is 7.17. The van der Waals surface area contributed by atoms with E-state index in [-0.39, 0.29) is 18.7 Å². The van der Waals surface area contributed by atoms with E-state index in [2.05, 4.69) is 10.3 Å². The van der Waals surface area contributed by atoms with Crippen LogP contribution in [0.15, 0.2) is 47.3 Å². The van der Waals surface area contributed by atoms with Gasteiger partial charge in [-0.05, 0) is 30.3 Å². The highest BCUT2D eigenvalue weighted by atomic mass is 35.5. The van der Waals surface area contributed by atoms with Crippen LogP contribution >= 0.6 is 23.2 Å². The number of fused-ring (bicyclic) bond motifs is 1. The van der Waals surface area contributed by atoms with E-state index in [1.54, 1.807) is 42.5 Å². The Morgan fingerprint density at radius 1 is 1.21 bits per heavy atom. The Balaban J connectivity index is 1.70. The van der Waals surface area contributed by atoms with Gasteiger partial charge in [0.05, 0.1) is 17.0 Å². The summed E-state index contributed by atoms with van der Waals surface area (Å²) in [6.07, 6.45) is -0.954. The molecule has 1 aromatic heterocycles. The number of aliphatic hydroxyl groups excluding tert-OH is 1. The van der Waals surface area contributed by atoms with Gasteiger partial charge in [0.15, 0.2) is 0 Å². The highest BCUT2D eigenvalue weighted by Crippen LogP contribution is 2.27. The van der Waals surface area contributed by atoms with Gasteiger partial charge in [-0.25, -0.2) is 4.68 Å². The Hall–Kier alpha value is -2.15. The first-order chi connectivity index (χ1) is 11.5. The summed E-state index contributed by atoms with van der Waals surface area (Å²) < 4.78 is 6.56. The lowest BCUT2D eigenvalue weighted by Gasteiger charge is -2.14. The minimum Gasteiger partial charge on any atom is -0.489 e. The molecule has 3 aromatic rings. The van der Waals surface area contributed by atoms with Crippen LogP contribution in [0.2, 0.25) is 10.0 Å². The van der Waals surface area contributed by atoms with Crippen LogP contribution in [0.1, 0.15) is 0 Å². The lowest BCUT2D eigenvalue weighted by atomic mass is 10.2. The Labute approximate surface area is 147 Å². The summed E-state index contributed by atoms with van der Waals surface area (Å²) in [5.74, 6) is 0.400. The molecule has 0 aliphatic rings. The van der Waals surface area contributed by atoms with Crippen LogP contribution in [0.4, 0.5) is 0 Å². The number of ether oxygens (including phenoxy) is 1.